The lowest BCUT2D eigenvalue weighted by Gasteiger charge is -2.14. The Hall–Kier alpha value is -1.86. The molecule has 0 aliphatic carbocycles. The molecule has 1 aromatic carbocycles. The Kier molecular flexibility index (Phi) is 6.58. The van der Waals surface area contributed by atoms with Crippen LogP contribution >= 0.6 is 0 Å². The van der Waals surface area contributed by atoms with Gasteiger partial charge in [-0.1, -0.05) is 19.9 Å². The maximum Gasteiger partial charge on any atom is 0.335 e. The van der Waals surface area contributed by atoms with E-state index in [2.05, 4.69) is 16.6 Å². The lowest BCUT2D eigenvalue weighted by atomic mass is 10.1. The average Bonchev–Trinajstić information content (AvgIpc) is 2.44. The zero-order chi connectivity index (χ0) is 16.8. The highest BCUT2D eigenvalue weighted by molar-refractivity contribution is 7.89. The molecule has 1 rings (SSSR count). The van der Waals surface area contributed by atoms with E-state index in [9.17, 15) is 13.2 Å². The van der Waals surface area contributed by atoms with Crippen LogP contribution in [0, 0.1) is 5.92 Å². The number of benzene rings is 1. The van der Waals surface area contributed by atoms with E-state index in [1.54, 1.807) is 6.08 Å². The van der Waals surface area contributed by atoms with Crippen molar-refractivity contribution in [3.05, 3.63) is 36.4 Å². The molecular formula is C15H22N2O4S. The lowest BCUT2D eigenvalue weighted by Crippen LogP contribution is -2.26. The fourth-order valence-corrected chi connectivity index (χ4v) is 3.02. The van der Waals surface area contributed by atoms with Gasteiger partial charge in [0, 0.05) is 13.1 Å². The van der Waals surface area contributed by atoms with E-state index >= 15 is 0 Å². The SMILES string of the molecule is C=CCNc1ccc(C(=O)O)cc1S(=O)(=O)NCCC(C)C. The summed E-state index contributed by atoms with van der Waals surface area (Å²) < 4.78 is 27.3. The van der Waals surface area contributed by atoms with Gasteiger partial charge in [-0.3, -0.25) is 0 Å². The van der Waals surface area contributed by atoms with Gasteiger partial charge in [-0.2, -0.15) is 0 Å². The molecule has 0 aliphatic heterocycles. The van der Waals surface area contributed by atoms with Gasteiger partial charge in [-0.25, -0.2) is 17.9 Å². The molecule has 0 unspecified atom stereocenters. The molecule has 122 valence electrons. The van der Waals surface area contributed by atoms with Crippen molar-refractivity contribution in [2.75, 3.05) is 18.4 Å². The Bertz CT molecular complexity index is 639. The number of carboxylic acids is 1. The first kappa shape index (κ1) is 18.2. The summed E-state index contributed by atoms with van der Waals surface area (Å²) in [5.41, 5.74) is 0.273. The van der Waals surface area contributed by atoms with Crippen molar-refractivity contribution in [3.8, 4) is 0 Å². The molecule has 1 aromatic rings. The number of carboxylic acid groups (broad SMARTS) is 1. The molecule has 0 radical (unpaired) electrons. The Morgan fingerprint density at radius 3 is 2.64 bits per heavy atom. The largest absolute Gasteiger partial charge is 0.478 e. The monoisotopic (exact) mass is 326 g/mol. The summed E-state index contributed by atoms with van der Waals surface area (Å²) in [6.45, 7) is 8.23. The summed E-state index contributed by atoms with van der Waals surface area (Å²) >= 11 is 0. The van der Waals surface area contributed by atoms with Crippen molar-refractivity contribution in [2.45, 2.75) is 25.2 Å². The predicted molar refractivity (Wildman–Crippen MR) is 86.7 cm³/mol. The maximum absolute atomic E-state index is 12.4. The van der Waals surface area contributed by atoms with Crippen LogP contribution in [-0.4, -0.2) is 32.6 Å². The molecule has 0 bridgehead atoms. The van der Waals surface area contributed by atoms with Gasteiger partial charge in [0.25, 0.3) is 0 Å². The van der Waals surface area contributed by atoms with Gasteiger partial charge in [0.2, 0.25) is 10.0 Å². The Morgan fingerprint density at radius 1 is 1.41 bits per heavy atom. The van der Waals surface area contributed by atoms with Gasteiger partial charge >= 0.3 is 5.97 Å². The molecule has 0 fully saturated rings. The van der Waals surface area contributed by atoms with E-state index in [1.165, 1.54) is 12.1 Å². The molecule has 0 aliphatic rings. The fourth-order valence-electron chi connectivity index (χ4n) is 1.77. The number of hydrogen-bond donors (Lipinski definition) is 3. The second kappa shape index (κ2) is 7.95. The van der Waals surface area contributed by atoms with E-state index in [0.29, 0.717) is 31.1 Å². The molecule has 0 heterocycles. The van der Waals surface area contributed by atoms with Crippen molar-refractivity contribution in [3.63, 3.8) is 0 Å². The third kappa shape index (κ3) is 5.16. The van der Waals surface area contributed by atoms with E-state index in [4.69, 9.17) is 5.11 Å². The highest BCUT2D eigenvalue weighted by atomic mass is 32.2. The quantitative estimate of drug-likeness (QED) is 0.605. The minimum Gasteiger partial charge on any atom is -0.478 e. The molecule has 7 heteroatoms. The second-order valence-corrected chi connectivity index (χ2v) is 7.00. The number of rotatable bonds is 9. The van der Waals surface area contributed by atoms with Crippen LogP contribution in [0.25, 0.3) is 0 Å². The Morgan fingerprint density at radius 2 is 2.09 bits per heavy atom. The van der Waals surface area contributed by atoms with Crippen LogP contribution in [0.4, 0.5) is 5.69 Å². The first-order chi connectivity index (χ1) is 10.3. The standard InChI is InChI=1S/C15H22N2O4S/c1-4-8-16-13-6-5-12(15(18)19)10-14(13)22(20,21)17-9-7-11(2)3/h4-6,10-11,16-17H,1,7-9H2,2-3H3,(H,18,19). The molecule has 0 spiro atoms. The Balaban J connectivity index is 3.13. The summed E-state index contributed by atoms with van der Waals surface area (Å²) in [5, 5.41) is 11.9. The van der Waals surface area contributed by atoms with E-state index < -0.39 is 16.0 Å². The van der Waals surface area contributed by atoms with Gasteiger partial charge in [-0.15, -0.1) is 6.58 Å². The number of carbonyl (C=O) groups is 1. The zero-order valence-electron chi connectivity index (χ0n) is 12.8. The minimum absolute atomic E-state index is 0.0713. The molecular weight excluding hydrogens is 304 g/mol. The van der Waals surface area contributed by atoms with Crippen LogP contribution in [-0.2, 0) is 10.0 Å². The fraction of sp³-hybridized carbons (Fsp3) is 0.400. The number of anilines is 1. The number of sulfonamides is 1. The molecule has 22 heavy (non-hydrogen) atoms. The molecule has 0 amide bonds. The van der Waals surface area contributed by atoms with Crippen molar-refractivity contribution in [1.29, 1.82) is 0 Å². The third-order valence-electron chi connectivity index (χ3n) is 2.97. The highest BCUT2D eigenvalue weighted by Gasteiger charge is 2.20. The summed E-state index contributed by atoms with van der Waals surface area (Å²) in [6, 6.07) is 3.97. The first-order valence-electron chi connectivity index (χ1n) is 6.99. The molecule has 3 N–H and O–H groups in total. The van der Waals surface area contributed by atoms with Crippen molar-refractivity contribution in [2.24, 2.45) is 5.92 Å². The smallest absolute Gasteiger partial charge is 0.335 e. The van der Waals surface area contributed by atoms with Crippen LogP contribution in [0.2, 0.25) is 0 Å². The van der Waals surface area contributed by atoms with Gasteiger partial charge in [0.15, 0.2) is 0 Å². The zero-order valence-corrected chi connectivity index (χ0v) is 13.6. The summed E-state index contributed by atoms with van der Waals surface area (Å²) in [5.74, 6) is -0.805. The van der Waals surface area contributed by atoms with Gasteiger partial charge in [0.1, 0.15) is 4.90 Å². The molecule has 0 saturated carbocycles. The topological polar surface area (TPSA) is 95.5 Å². The number of hydrogen-bond acceptors (Lipinski definition) is 4. The minimum atomic E-state index is -3.78. The van der Waals surface area contributed by atoms with Crippen LogP contribution < -0.4 is 10.0 Å². The van der Waals surface area contributed by atoms with E-state index in [1.807, 2.05) is 13.8 Å². The van der Waals surface area contributed by atoms with Crippen LogP contribution in [0.1, 0.15) is 30.6 Å². The molecule has 0 atom stereocenters. The molecule has 6 nitrogen and oxygen atoms in total. The van der Waals surface area contributed by atoms with Crippen LogP contribution in [0.3, 0.4) is 0 Å². The number of aromatic carboxylic acids is 1. The van der Waals surface area contributed by atoms with Gasteiger partial charge in [0.05, 0.1) is 11.3 Å². The predicted octanol–water partition coefficient (Wildman–Crippen LogP) is 2.31. The summed E-state index contributed by atoms with van der Waals surface area (Å²) in [7, 11) is -3.78. The second-order valence-electron chi connectivity index (χ2n) is 5.27. The van der Waals surface area contributed by atoms with Gasteiger partial charge < -0.3 is 10.4 Å². The lowest BCUT2D eigenvalue weighted by molar-refractivity contribution is 0.0696. The molecule has 0 aromatic heterocycles. The van der Waals surface area contributed by atoms with E-state index in [-0.39, 0.29) is 10.5 Å². The first-order valence-corrected chi connectivity index (χ1v) is 8.48. The summed E-state index contributed by atoms with van der Waals surface area (Å²) in [6.07, 6.45) is 2.29. The average molecular weight is 326 g/mol. The number of nitrogens with one attached hydrogen (secondary N) is 2. The molecule has 0 saturated heterocycles. The van der Waals surface area contributed by atoms with Gasteiger partial charge in [-0.05, 0) is 30.5 Å². The van der Waals surface area contributed by atoms with Crippen molar-refractivity contribution < 1.29 is 18.3 Å². The third-order valence-corrected chi connectivity index (χ3v) is 4.47. The maximum atomic E-state index is 12.4. The van der Waals surface area contributed by atoms with Crippen molar-refractivity contribution >= 4 is 21.7 Å². The van der Waals surface area contributed by atoms with E-state index in [0.717, 1.165) is 6.07 Å². The van der Waals surface area contributed by atoms with Crippen molar-refractivity contribution in [1.82, 2.24) is 4.72 Å². The summed E-state index contributed by atoms with van der Waals surface area (Å²) in [4.78, 5) is 11.0. The Labute approximate surface area is 131 Å². The van der Waals surface area contributed by atoms with Crippen LogP contribution in [0.5, 0.6) is 0 Å². The highest BCUT2D eigenvalue weighted by Crippen LogP contribution is 2.23. The normalized spacial score (nSPS) is 11.4. The van der Waals surface area contributed by atoms with Crippen LogP contribution in [0.15, 0.2) is 35.7 Å².